The number of carbonyl (C=O) groups excluding carboxylic acids is 1. The van der Waals surface area contributed by atoms with Gasteiger partial charge in [0.1, 0.15) is 17.0 Å². The molecule has 0 saturated carbocycles. The average molecular weight is 262 g/mol. The Morgan fingerprint density at radius 3 is 2.74 bits per heavy atom. The molecule has 1 aromatic rings. The summed E-state index contributed by atoms with van der Waals surface area (Å²) in [6.07, 6.45) is 6.33. The molecule has 5 heteroatoms. The van der Waals surface area contributed by atoms with E-state index < -0.39 is 11.7 Å². The lowest BCUT2D eigenvalue weighted by Gasteiger charge is -2.19. The lowest BCUT2D eigenvalue weighted by Crippen LogP contribution is -2.32. The first-order valence-electron chi connectivity index (χ1n) is 5.82. The van der Waals surface area contributed by atoms with E-state index in [2.05, 4.69) is 16.2 Å². The fourth-order valence-electron chi connectivity index (χ4n) is 1.33. The van der Waals surface area contributed by atoms with Crippen molar-refractivity contribution < 1.29 is 14.3 Å². The maximum atomic E-state index is 11.5. The summed E-state index contributed by atoms with van der Waals surface area (Å²) < 4.78 is 10.3. The van der Waals surface area contributed by atoms with Gasteiger partial charge in [-0.1, -0.05) is 5.92 Å². The first kappa shape index (κ1) is 14.8. The van der Waals surface area contributed by atoms with E-state index in [1.165, 1.54) is 7.11 Å². The molecule has 1 heterocycles. The molecule has 0 saturated heterocycles. The topological polar surface area (TPSA) is 60.5 Å². The van der Waals surface area contributed by atoms with Gasteiger partial charge in [-0.2, -0.15) is 0 Å². The molecule has 1 aromatic heterocycles. The number of alkyl carbamates (subject to hydrolysis) is 1. The second-order valence-electron chi connectivity index (χ2n) is 4.87. The Labute approximate surface area is 113 Å². The third-order valence-corrected chi connectivity index (χ3v) is 2.12. The third-order valence-electron chi connectivity index (χ3n) is 2.12. The second kappa shape index (κ2) is 6.10. The van der Waals surface area contributed by atoms with E-state index in [0.29, 0.717) is 17.0 Å². The first-order valence-corrected chi connectivity index (χ1v) is 5.82. The van der Waals surface area contributed by atoms with E-state index in [4.69, 9.17) is 15.9 Å². The molecule has 1 N–H and O–H groups in total. The first-order chi connectivity index (χ1) is 8.85. The van der Waals surface area contributed by atoms with Crippen molar-refractivity contribution in [3.05, 3.63) is 23.5 Å². The molecule has 5 nitrogen and oxygen atoms in total. The van der Waals surface area contributed by atoms with Gasteiger partial charge in [-0.15, -0.1) is 6.42 Å². The summed E-state index contributed by atoms with van der Waals surface area (Å²) in [5.74, 6) is 3.00. The molecule has 0 unspecified atom stereocenters. The molecule has 0 radical (unpaired) electrons. The number of amides is 1. The molecular weight excluding hydrogens is 244 g/mol. The zero-order valence-corrected chi connectivity index (χ0v) is 11.6. The summed E-state index contributed by atoms with van der Waals surface area (Å²) in [5, 5.41) is 2.61. The van der Waals surface area contributed by atoms with Crippen LogP contribution in [0.25, 0.3) is 0 Å². The smallest absolute Gasteiger partial charge is 0.407 e. The number of pyridine rings is 1. The third kappa shape index (κ3) is 4.88. The van der Waals surface area contributed by atoms with Gasteiger partial charge in [-0.25, -0.2) is 4.79 Å². The second-order valence-corrected chi connectivity index (χ2v) is 4.87. The predicted molar refractivity (Wildman–Crippen MR) is 71.8 cm³/mol. The summed E-state index contributed by atoms with van der Waals surface area (Å²) in [6, 6.07) is 1.69. The summed E-state index contributed by atoms with van der Waals surface area (Å²) >= 11 is 0. The Morgan fingerprint density at radius 2 is 2.21 bits per heavy atom. The zero-order valence-electron chi connectivity index (χ0n) is 11.6. The number of hydrogen-bond donors (Lipinski definition) is 1. The lowest BCUT2D eigenvalue weighted by atomic mass is 10.2. The van der Waals surface area contributed by atoms with Crippen LogP contribution in [0.4, 0.5) is 4.79 Å². The van der Waals surface area contributed by atoms with Gasteiger partial charge in [0.15, 0.2) is 0 Å². The number of nitrogens with zero attached hydrogens (tertiary/aromatic N) is 1. The standard InChI is InChI=1S/C14H18N2O3/c1-6-10-7-12(18-5)11(15-8-10)9-16-13(17)19-14(2,3)4/h1,7-8H,9H2,2-5H3,(H,16,17). The Hall–Kier alpha value is -2.22. The quantitative estimate of drug-likeness (QED) is 0.847. The maximum Gasteiger partial charge on any atom is 0.407 e. The molecule has 0 aliphatic carbocycles. The number of rotatable bonds is 3. The van der Waals surface area contributed by atoms with Gasteiger partial charge in [0.25, 0.3) is 0 Å². The van der Waals surface area contributed by atoms with E-state index in [1.807, 2.05) is 0 Å². The minimum absolute atomic E-state index is 0.211. The monoisotopic (exact) mass is 262 g/mol. The van der Waals surface area contributed by atoms with Crippen LogP contribution in [0, 0.1) is 12.3 Å². The van der Waals surface area contributed by atoms with Gasteiger partial charge in [-0.3, -0.25) is 4.98 Å². The number of terminal acetylenes is 1. The number of methoxy groups -OCH3 is 1. The molecule has 0 aliphatic heterocycles. The SMILES string of the molecule is C#Cc1cnc(CNC(=O)OC(C)(C)C)c(OC)c1. The van der Waals surface area contributed by atoms with E-state index in [-0.39, 0.29) is 6.54 Å². The van der Waals surface area contributed by atoms with Crippen LogP contribution in [0.5, 0.6) is 5.75 Å². The number of hydrogen-bond acceptors (Lipinski definition) is 4. The van der Waals surface area contributed by atoms with Crippen LogP contribution >= 0.6 is 0 Å². The summed E-state index contributed by atoms with van der Waals surface area (Å²) in [5.41, 5.74) is 0.680. The van der Waals surface area contributed by atoms with Gasteiger partial charge < -0.3 is 14.8 Å². The Bertz CT molecular complexity index is 498. The highest BCUT2D eigenvalue weighted by atomic mass is 16.6. The largest absolute Gasteiger partial charge is 0.495 e. The Kier molecular flexibility index (Phi) is 4.76. The van der Waals surface area contributed by atoms with Crippen molar-refractivity contribution >= 4 is 6.09 Å². The highest BCUT2D eigenvalue weighted by molar-refractivity contribution is 5.67. The van der Waals surface area contributed by atoms with Gasteiger partial charge in [0, 0.05) is 11.8 Å². The Morgan fingerprint density at radius 1 is 1.53 bits per heavy atom. The fraction of sp³-hybridized carbons (Fsp3) is 0.429. The van der Waals surface area contributed by atoms with Crippen molar-refractivity contribution in [1.29, 1.82) is 0 Å². The van der Waals surface area contributed by atoms with Crippen LogP contribution in [0.15, 0.2) is 12.3 Å². The average Bonchev–Trinajstić information content (AvgIpc) is 2.34. The highest BCUT2D eigenvalue weighted by Crippen LogP contribution is 2.17. The molecule has 0 aliphatic rings. The number of aromatic nitrogens is 1. The molecule has 0 aromatic carbocycles. The van der Waals surface area contributed by atoms with Crippen LogP contribution in [-0.2, 0) is 11.3 Å². The van der Waals surface area contributed by atoms with Gasteiger partial charge in [0.05, 0.1) is 13.7 Å². The zero-order chi connectivity index (χ0) is 14.5. The van der Waals surface area contributed by atoms with Gasteiger partial charge >= 0.3 is 6.09 Å². The highest BCUT2D eigenvalue weighted by Gasteiger charge is 2.16. The molecule has 0 fully saturated rings. The number of carbonyl (C=O) groups is 1. The lowest BCUT2D eigenvalue weighted by molar-refractivity contribution is 0.0522. The number of nitrogens with one attached hydrogen (secondary N) is 1. The van der Waals surface area contributed by atoms with Crippen molar-refractivity contribution in [2.45, 2.75) is 32.9 Å². The van der Waals surface area contributed by atoms with Crippen molar-refractivity contribution in [3.8, 4) is 18.1 Å². The van der Waals surface area contributed by atoms with E-state index >= 15 is 0 Å². The van der Waals surface area contributed by atoms with Crippen LogP contribution < -0.4 is 10.1 Å². The Balaban J connectivity index is 2.68. The molecule has 0 atom stereocenters. The van der Waals surface area contributed by atoms with Crippen molar-refractivity contribution in [3.63, 3.8) is 0 Å². The van der Waals surface area contributed by atoms with Crippen LogP contribution in [0.2, 0.25) is 0 Å². The molecule has 0 spiro atoms. The molecule has 1 amide bonds. The van der Waals surface area contributed by atoms with Crippen molar-refractivity contribution in [2.75, 3.05) is 7.11 Å². The maximum absolute atomic E-state index is 11.5. The van der Waals surface area contributed by atoms with Crippen LogP contribution in [0.1, 0.15) is 32.0 Å². The summed E-state index contributed by atoms with van der Waals surface area (Å²) in [7, 11) is 1.52. The van der Waals surface area contributed by atoms with Gasteiger partial charge in [-0.05, 0) is 26.8 Å². The molecule has 1 rings (SSSR count). The van der Waals surface area contributed by atoms with Crippen molar-refractivity contribution in [2.24, 2.45) is 0 Å². The predicted octanol–water partition coefficient (Wildman–Crippen LogP) is 2.10. The van der Waals surface area contributed by atoms with Crippen molar-refractivity contribution in [1.82, 2.24) is 10.3 Å². The minimum Gasteiger partial charge on any atom is -0.495 e. The summed E-state index contributed by atoms with van der Waals surface area (Å²) in [4.78, 5) is 15.7. The van der Waals surface area contributed by atoms with E-state index in [0.717, 1.165) is 0 Å². The molecule has 102 valence electrons. The molecule has 0 bridgehead atoms. The normalized spacial score (nSPS) is 10.5. The van der Waals surface area contributed by atoms with E-state index in [9.17, 15) is 4.79 Å². The van der Waals surface area contributed by atoms with Gasteiger partial charge in [0.2, 0.25) is 0 Å². The molecular formula is C14H18N2O3. The molecule has 19 heavy (non-hydrogen) atoms. The minimum atomic E-state index is -0.533. The fourth-order valence-corrected chi connectivity index (χ4v) is 1.33. The summed E-state index contributed by atoms with van der Waals surface area (Å²) in [6.45, 7) is 5.61. The number of ether oxygens (including phenoxy) is 2. The van der Waals surface area contributed by atoms with E-state index in [1.54, 1.807) is 33.0 Å². The van der Waals surface area contributed by atoms with Crippen LogP contribution in [-0.4, -0.2) is 23.8 Å². The van der Waals surface area contributed by atoms with Crippen LogP contribution in [0.3, 0.4) is 0 Å².